The van der Waals surface area contributed by atoms with Gasteiger partial charge in [-0.2, -0.15) is 0 Å². The van der Waals surface area contributed by atoms with E-state index < -0.39 is 5.97 Å². The molecule has 1 saturated heterocycles. The molecule has 0 aliphatic carbocycles. The van der Waals surface area contributed by atoms with E-state index in [1.807, 2.05) is 6.92 Å². The van der Waals surface area contributed by atoms with Gasteiger partial charge in [-0.05, 0) is 20.3 Å². The highest BCUT2D eigenvalue weighted by Crippen LogP contribution is 2.15. The molecular weight excluding hydrogens is 222 g/mol. The van der Waals surface area contributed by atoms with E-state index in [0.717, 1.165) is 6.42 Å². The molecule has 1 heterocycles. The molecule has 0 bridgehead atoms. The SMILES string of the molecule is CCC1COCCN1C(=O)C(C)=C(C)C(=O)O. The standard InChI is InChI=1S/C12H19NO4/c1-4-10-7-17-6-5-13(10)11(14)8(2)9(3)12(15)16/h10H,4-7H2,1-3H3,(H,15,16). The molecule has 1 aliphatic heterocycles. The quantitative estimate of drug-likeness (QED) is 0.750. The van der Waals surface area contributed by atoms with Gasteiger partial charge < -0.3 is 14.7 Å². The molecule has 0 aromatic rings. The second kappa shape index (κ2) is 5.82. The monoisotopic (exact) mass is 241 g/mol. The van der Waals surface area contributed by atoms with Crippen molar-refractivity contribution in [2.24, 2.45) is 0 Å². The summed E-state index contributed by atoms with van der Waals surface area (Å²) in [5.41, 5.74) is 0.411. The molecule has 0 radical (unpaired) electrons. The van der Waals surface area contributed by atoms with Crippen LogP contribution in [0, 0.1) is 0 Å². The Morgan fingerprint density at radius 1 is 1.35 bits per heavy atom. The highest BCUT2D eigenvalue weighted by Gasteiger charge is 2.27. The number of carboxylic acid groups (broad SMARTS) is 1. The minimum Gasteiger partial charge on any atom is -0.478 e. The summed E-state index contributed by atoms with van der Waals surface area (Å²) in [5.74, 6) is -1.24. The van der Waals surface area contributed by atoms with Crippen LogP contribution in [0.3, 0.4) is 0 Å². The van der Waals surface area contributed by atoms with Crippen molar-refractivity contribution in [3.8, 4) is 0 Å². The fourth-order valence-corrected chi connectivity index (χ4v) is 1.80. The van der Waals surface area contributed by atoms with Crippen LogP contribution in [0.2, 0.25) is 0 Å². The first-order chi connectivity index (χ1) is 7.99. The molecule has 1 amide bonds. The van der Waals surface area contributed by atoms with E-state index >= 15 is 0 Å². The zero-order valence-corrected chi connectivity index (χ0v) is 10.5. The van der Waals surface area contributed by atoms with E-state index in [4.69, 9.17) is 9.84 Å². The molecule has 1 rings (SSSR count). The summed E-state index contributed by atoms with van der Waals surface area (Å²) in [6.07, 6.45) is 0.811. The average Bonchev–Trinajstić information content (AvgIpc) is 2.35. The minimum absolute atomic E-state index is 0.0489. The zero-order valence-electron chi connectivity index (χ0n) is 10.5. The van der Waals surface area contributed by atoms with Crippen molar-refractivity contribution in [2.45, 2.75) is 33.2 Å². The molecule has 96 valence electrons. The Labute approximate surface area is 101 Å². The lowest BCUT2D eigenvalue weighted by Crippen LogP contribution is -2.48. The van der Waals surface area contributed by atoms with Crippen LogP contribution in [0.1, 0.15) is 27.2 Å². The number of carboxylic acids is 1. The molecular formula is C12H19NO4. The number of morpholine rings is 1. The van der Waals surface area contributed by atoms with E-state index in [-0.39, 0.29) is 17.5 Å². The van der Waals surface area contributed by atoms with Crippen LogP contribution in [-0.4, -0.2) is 47.7 Å². The Balaban J connectivity index is 2.88. The lowest BCUT2D eigenvalue weighted by Gasteiger charge is -2.35. The van der Waals surface area contributed by atoms with Crippen molar-refractivity contribution in [3.63, 3.8) is 0 Å². The van der Waals surface area contributed by atoms with Crippen molar-refractivity contribution in [1.82, 2.24) is 4.90 Å². The first-order valence-corrected chi connectivity index (χ1v) is 5.78. The fourth-order valence-electron chi connectivity index (χ4n) is 1.80. The highest BCUT2D eigenvalue weighted by molar-refractivity contribution is 6.01. The molecule has 0 saturated carbocycles. The van der Waals surface area contributed by atoms with Gasteiger partial charge in [0.25, 0.3) is 0 Å². The van der Waals surface area contributed by atoms with Gasteiger partial charge in [0.2, 0.25) is 5.91 Å². The second-order valence-electron chi connectivity index (χ2n) is 4.19. The normalized spacial score (nSPS) is 22.1. The maximum atomic E-state index is 12.2. The number of carbonyl (C=O) groups excluding carboxylic acids is 1. The summed E-state index contributed by atoms with van der Waals surface area (Å²) < 4.78 is 5.31. The maximum Gasteiger partial charge on any atom is 0.331 e. The Morgan fingerprint density at radius 2 is 2.00 bits per heavy atom. The number of amides is 1. The number of ether oxygens (including phenoxy) is 1. The van der Waals surface area contributed by atoms with Crippen LogP contribution in [0.25, 0.3) is 0 Å². The third-order valence-electron chi connectivity index (χ3n) is 3.16. The first kappa shape index (κ1) is 13.7. The van der Waals surface area contributed by atoms with E-state index in [2.05, 4.69) is 0 Å². The number of hydrogen-bond acceptors (Lipinski definition) is 3. The van der Waals surface area contributed by atoms with Crippen molar-refractivity contribution in [2.75, 3.05) is 19.8 Å². The van der Waals surface area contributed by atoms with Gasteiger partial charge in [-0.1, -0.05) is 6.92 Å². The van der Waals surface area contributed by atoms with Crippen LogP contribution in [0.5, 0.6) is 0 Å². The molecule has 5 nitrogen and oxygen atoms in total. The van der Waals surface area contributed by atoms with Gasteiger partial charge in [-0.15, -0.1) is 0 Å². The molecule has 0 spiro atoms. The number of rotatable bonds is 3. The summed E-state index contributed by atoms with van der Waals surface area (Å²) in [6.45, 7) is 6.58. The van der Waals surface area contributed by atoms with E-state index in [1.54, 1.807) is 11.8 Å². The van der Waals surface area contributed by atoms with Crippen LogP contribution >= 0.6 is 0 Å². The molecule has 1 N–H and O–H groups in total. The molecule has 5 heteroatoms. The minimum atomic E-state index is -1.04. The number of carbonyl (C=O) groups is 2. The van der Waals surface area contributed by atoms with E-state index in [1.165, 1.54) is 6.92 Å². The van der Waals surface area contributed by atoms with Crippen molar-refractivity contribution in [3.05, 3.63) is 11.1 Å². The molecule has 0 aromatic heterocycles. The lowest BCUT2D eigenvalue weighted by molar-refractivity contribution is -0.137. The number of nitrogens with zero attached hydrogens (tertiary/aromatic N) is 1. The highest BCUT2D eigenvalue weighted by atomic mass is 16.5. The largest absolute Gasteiger partial charge is 0.478 e. The summed E-state index contributed by atoms with van der Waals surface area (Å²) in [4.78, 5) is 24.7. The molecule has 0 aromatic carbocycles. The molecule has 1 fully saturated rings. The van der Waals surface area contributed by atoms with Crippen LogP contribution in [-0.2, 0) is 14.3 Å². The number of hydrogen-bond donors (Lipinski definition) is 1. The Bertz CT molecular complexity index is 348. The van der Waals surface area contributed by atoms with Gasteiger partial charge in [-0.3, -0.25) is 4.79 Å². The predicted octanol–water partition coefficient (Wildman–Crippen LogP) is 1.04. The van der Waals surface area contributed by atoms with E-state index in [9.17, 15) is 9.59 Å². The zero-order chi connectivity index (χ0) is 13.0. The van der Waals surface area contributed by atoms with Crippen molar-refractivity contribution < 1.29 is 19.4 Å². The van der Waals surface area contributed by atoms with Crippen molar-refractivity contribution in [1.29, 1.82) is 0 Å². The summed E-state index contributed by atoms with van der Waals surface area (Å²) in [7, 11) is 0. The van der Waals surface area contributed by atoms with Crippen LogP contribution < -0.4 is 0 Å². The van der Waals surface area contributed by atoms with Gasteiger partial charge in [-0.25, -0.2) is 4.79 Å². The van der Waals surface area contributed by atoms with Gasteiger partial charge in [0.05, 0.1) is 19.3 Å². The molecule has 1 atom stereocenters. The predicted molar refractivity (Wildman–Crippen MR) is 62.6 cm³/mol. The Morgan fingerprint density at radius 3 is 2.53 bits per heavy atom. The van der Waals surface area contributed by atoms with Gasteiger partial charge in [0.1, 0.15) is 0 Å². The van der Waals surface area contributed by atoms with Gasteiger partial charge >= 0.3 is 5.97 Å². The first-order valence-electron chi connectivity index (χ1n) is 5.78. The summed E-state index contributed by atoms with van der Waals surface area (Å²) in [6, 6.07) is 0.0489. The summed E-state index contributed by atoms with van der Waals surface area (Å²) in [5, 5.41) is 8.87. The van der Waals surface area contributed by atoms with E-state index in [0.29, 0.717) is 25.3 Å². The molecule has 17 heavy (non-hydrogen) atoms. The van der Waals surface area contributed by atoms with Gasteiger partial charge in [0, 0.05) is 17.7 Å². The lowest BCUT2D eigenvalue weighted by atomic mass is 10.1. The Hall–Kier alpha value is -1.36. The Kier molecular flexibility index (Phi) is 4.69. The second-order valence-corrected chi connectivity index (χ2v) is 4.19. The van der Waals surface area contributed by atoms with Gasteiger partial charge in [0.15, 0.2) is 0 Å². The third-order valence-corrected chi connectivity index (χ3v) is 3.16. The smallest absolute Gasteiger partial charge is 0.331 e. The fraction of sp³-hybridized carbons (Fsp3) is 0.667. The van der Waals surface area contributed by atoms with Crippen LogP contribution in [0.4, 0.5) is 0 Å². The third kappa shape index (κ3) is 3.06. The average molecular weight is 241 g/mol. The molecule has 1 unspecified atom stereocenters. The number of aliphatic carboxylic acids is 1. The summed E-state index contributed by atoms with van der Waals surface area (Å²) >= 11 is 0. The topological polar surface area (TPSA) is 66.8 Å². The van der Waals surface area contributed by atoms with Crippen molar-refractivity contribution >= 4 is 11.9 Å². The molecule has 1 aliphatic rings. The maximum absolute atomic E-state index is 12.2. The van der Waals surface area contributed by atoms with Crippen LogP contribution in [0.15, 0.2) is 11.1 Å².